The van der Waals surface area contributed by atoms with Crippen LogP contribution in [-0.2, 0) is 25.5 Å². The first-order valence-electron chi connectivity index (χ1n) is 10.0. The standard InChI is InChI=1S/C24H27NO5/c1-24(2,3)30-21(26)15-20(18-12-8-5-9-13-18)22(27)25-19(16-29-23(25)28)14-17-10-6-4-7-11-17/h4-13,19-20H,14-16H2,1-3H3/t19-,20-/m0/s1. The van der Waals surface area contributed by atoms with Gasteiger partial charge in [0.2, 0.25) is 5.91 Å². The van der Waals surface area contributed by atoms with Crippen LogP contribution in [0.4, 0.5) is 4.79 Å². The lowest BCUT2D eigenvalue weighted by Gasteiger charge is -2.26. The van der Waals surface area contributed by atoms with Gasteiger partial charge in [-0.15, -0.1) is 0 Å². The molecule has 0 aliphatic carbocycles. The van der Waals surface area contributed by atoms with E-state index in [1.54, 1.807) is 45.0 Å². The summed E-state index contributed by atoms with van der Waals surface area (Å²) < 4.78 is 10.6. The molecule has 1 saturated heterocycles. The molecule has 0 radical (unpaired) electrons. The Morgan fingerprint density at radius 2 is 1.67 bits per heavy atom. The molecule has 0 bridgehead atoms. The van der Waals surface area contributed by atoms with Gasteiger partial charge < -0.3 is 9.47 Å². The summed E-state index contributed by atoms with van der Waals surface area (Å²) in [6.45, 7) is 5.46. The minimum atomic E-state index is -0.829. The van der Waals surface area contributed by atoms with E-state index < -0.39 is 35.5 Å². The molecule has 30 heavy (non-hydrogen) atoms. The van der Waals surface area contributed by atoms with Crippen molar-refractivity contribution in [2.24, 2.45) is 0 Å². The number of imide groups is 1. The van der Waals surface area contributed by atoms with Crippen LogP contribution in [0.25, 0.3) is 0 Å². The van der Waals surface area contributed by atoms with Crippen LogP contribution in [-0.4, -0.2) is 41.1 Å². The van der Waals surface area contributed by atoms with Crippen molar-refractivity contribution >= 4 is 18.0 Å². The number of carbonyl (C=O) groups is 3. The van der Waals surface area contributed by atoms with E-state index >= 15 is 0 Å². The first-order chi connectivity index (χ1) is 14.2. The summed E-state index contributed by atoms with van der Waals surface area (Å²) in [5, 5.41) is 0. The van der Waals surface area contributed by atoms with Crippen LogP contribution in [0.3, 0.4) is 0 Å². The number of rotatable bonds is 6. The number of hydrogen-bond donors (Lipinski definition) is 0. The van der Waals surface area contributed by atoms with Gasteiger partial charge in [0.05, 0.1) is 18.4 Å². The topological polar surface area (TPSA) is 72.9 Å². The molecule has 6 heteroatoms. The number of hydrogen-bond acceptors (Lipinski definition) is 5. The third kappa shape index (κ3) is 5.47. The SMILES string of the molecule is CC(C)(C)OC(=O)C[C@H](C(=O)N1C(=O)OC[C@@H]1Cc1ccccc1)c1ccccc1. The first kappa shape index (κ1) is 21.6. The fraction of sp³-hybridized carbons (Fsp3) is 0.375. The van der Waals surface area contributed by atoms with Crippen molar-refractivity contribution in [1.29, 1.82) is 0 Å². The highest BCUT2D eigenvalue weighted by Gasteiger charge is 2.42. The number of amides is 2. The minimum Gasteiger partial charge on any atom is -0.460 e. The molecule has 158 valence electrons. The molecule has 2 amide bonds. The fourth-order valence-corrected chi connectivity index (χ4v) is 3.52. The van der Waals surface area contributed by atoms with Crippen molar-refractivity contribution in [3.63, 3.8) is 0 Å². The first-order valence-corrected chi connectivity index (χ1v) is 10.0. The third-order valence-electron chi connectivity index (χ3n) is 4.80. The van der Waals surface area contributed by atoms with Crippen molar-refractivity contribution in [2.45, 2.75) is 51.2 Å². The summed E-state index contributed by atoms with van der Waals surface area (Å²) in [5.74, 6) is -1.77. The average Bonchev–Trinajstić information content (AvgIpc) is 3.06. The van der Waals surface area contributed by atoms with Crippen molar-refractivity contribution in [1.82, 2.24) is 4.90 Å². The molecular formula is C24H27NO5. The molecular weight excluding hydrogens is 382 g/mol. The summed E-state index contributed by atoms with van der Waals surface area (Å²) in [6, 6.07) is 18.2. The molecule has 1 aliphatic rings. The van der Waals surface area contributed by atoms with E-state index in [2.05, 4.69) is 0 Å². The predicted octanol–water partition coefficient (Wildman–Crippen LogP) is 4.09. The van der Waals surface area contributed by atoms with E-state index in [-0.39, 0.29) is 13.0 Å². The molecule has 0 N–H and O–H groups in total. The smallest absolute Gasteiger partial charge is 0.417 e. The Hall–Kier alpha value is -3.15. The number of cyclic esters (lactones) is 1. The van der Waals surface area contributed by atoms with Crippen LogP contribution in [0, 0.1) is 0 Å². The molecule has 0 spiro atoms. The monoisotopic (exact) mass is 409 g/mol. The maximum Gasteiger partial charge on any atom is 0.417 e. The summed E-state index contributed by atoms with van der Waals surface area (Å²) in [4.78, 5) is 39.6. The van der Waals surface area contributed by atoms with Crippen molar-refractivity contribution in [3.8, 4) is 0 Å². The number of benzene rings is 2. The predicted molar refractivity (Wildman–Crippen MR) is 112 cm³/mol. The molecule has 0 unspecified atom stereocenters. The molecule has 0 saturated carbocycles. The zero-order chi connectivity index (χ0) is 21.7. The molecule has 2 atom stereocenters. The lowest BCUT2D eigenvalue weighted by Crippen LogP contribution is -2.43. The van der Waals surface area contributed by atoms with Crippen molar-refractivity contribution in [3.05, 3.63) is 71.8 Å². The molecule has 2 aromatic rings. The van der Waals surface area contributed by atoms with Crippen LogP contribution < -0.4 is 0 Å². The largest absolute Gasteiger partial charge is 0.460 e. The van der Waals surface area contributed by atoms with Gasteiger partial charge in [-0.05, 0) is 38.3 Å². The van der Waals surface area contributed by atoms with Gasteiger partial charge in [-0.3, -0.25) is 9.59 Å². The second-order valence-electron chi connectivity index (χ2n) is 8.38. The van der Waals surface area contributed by atoms with Crippen LogP contribution in [0.1, 0.15) is 44.2 Å². The van der Waals surface area contributed by atoms with Gasteiger partial charge in [0.1, 0.15) is 12.2 Å². The molecule has 3 rings (SSSR count). The van der Waals surface area contributed by atoms with Gasteiger partial charge in [0.25, 0.3) is 0 Å². The Morgan fingerprint density at radius 3 is 2.27 bits per heavy atom. The maximum absolute atomic E-state index is 13.5. The van der Waals surface area contributed by atoms with Crippen LogP contribution in [0.2, 0.25) is 0 Å². The summed E-state index contributed by atoms with van der Waals surface area (Å²) >= 11 is 0. The maximum atomic E-state index is 13.5. The van der Waals surface area contributed by atoms with Gasteiger partial charge in [-0.1, -0.05) is 60.7 Å². The zero-order valence-corrected chi connectivity index (χ0v) is 17.5. The average molecular weight is 409 g/mol. The Balaban J connectivity index is 1.85. The number of nitrogens with zero attached hydrogens (tertiary/aromatic N) is 1. The number of esters is 1. The second kappa shape index (κ2) is 9.11. The second-order valence-corrected chi connectivity index (χ2v) is 8.38. The fourth-order valence-electron chi connectivity index (χ4n) is 3.52. The highest BCUT2D eigenvalue weighted by Crippen LogP contribution is 2.28. The molecule has 1 fully saturated rings. The number of carbonyl (C=O) groups excluding carboxylic acids is 3. The Bertz CT molecular complexity index is 889. The van der Waals surface area contributed by atoms with E-state index in [1.165, 1.54) is 0 Å². The van der Waals surface area contributed by atoms with Gasteiger partial charge >= 0.3 is 12.1 Å². The zero-order valence-electron chi connectivity index (χ0n) is 17.5. The molecule has 2 aromatic carbocycles. The van der Waals surface area contributed by atoms with E-state index in [4.69, 9.17) is 9.47 Å². The summed E-state index contributed by atoms with van der Waals surface area (Å²) in [6.07, 6.45) is -0.333. The van der Waals surface area contributed by atoms with E-state index in [9.17, 15) is 14.4 Å². The molecule has 1 aliphatic heterocycles. The third-order valence-corrected chi connectivity index (χ3v) is 4.80. The normalized spacial score (nSPS) is 17.4. The van der Waals surface area contributed by atoms with E-state index in [1.807, 2.05) is 36.4 Å². The Labute approximate surface area is 176 Å². The van der Waals surface area contributed by atoms with Gasteiger partial charge in [0.15, 0.2) is 0 Å². The lowest BCUT2D eigenvalue weighted by atomic mass is 9.93. The Kier molecular flexibility index (Phi) is 6.55. The van der Waals surface area contributed by atoms with Gasteiger partial charge in [-0.25, -0.2) is 9.69 Å². The summed E-state index contributed by atoms with van der Waals surface area (Å²) in [5.41, 5.74) is 0.998. The summed E-state index contributed by atoms with van der Waals surface area (Å²) in [7, 11) is 0. The van der Waals surface area contributed by atoms with E-state index in [0.29, 0.717) is 12.0 Å². The highest BCUT2D eigenvalue weighted by molar-refractivity contribution is 5.98. The van der Waals surface area contributed by atoms with Crippen LogP contribution in [0.15, 0.2) is 60.7 Å². The Morgan fingerprint density at radius 1 is 1.07 bits per heavy atom. The van der Waals surface area contributed by atoms with Crippen molar-refractivity contribution < 1.29 is 23.9 Å². The lowest BCUT2D eigenvalue weighted by molar-refractivity contribution is -0.157. The number of ether oxygens (including phenoxy) is 2. The molecule has 1 heterocycles. The van der Waals surface area contributed by atoms with Crippen molar-refractivity contribution in [2.75, 3.05) is 6.61 Å². The van der Waals surface area contributed by atoms with E-state index in [0.717, 1.165) is 10.5 Å². The molecule has 0 aromatic heterocycles. The van der Waals surface area contributed by atoms with Crippen LogP contribution in [0.5, 0.6) is 0 Å². The van der Waals surface area contributed by atoms with Gasteiger partial charge in [-0.2, -0.15) is 0 Å². The van der Waals surface area contributed by atoms with Gasteiger partial charge in [0, 0.05) is 0 Å². The van der Waals surface area contributed by atoms with Crippen LogP contribution >= 0.6 is 0 Å². The molecule has 6 nitrogen and oxygen atoms in total. The highest BCUT2D eigenvalue weighted by atomic mass is 16.6. The minimum absolute atomic E-state index is 0.132. The quantitative estimate of drug-likeness (QED) is 0.672.